The van der Waals surface area contributed by atoms with Crippen molar-refractivity contribution in [1.82, 2.24) is 15.1 Å². The fourth-order valence-corrected chi connectivity index (χ4v) is 4.73. The molecule has 0 aromatic heterocycles. The molecule has 3 atom stereocenters. The molecule has 5 nitrogen and oxygen atoms in total. The largest absolute Gasteiger partial charge is 0.378 e. The standard InChI is InChI=1S/C19H26ClN3O2/c20-15-5-3-4-14(10-15)11-18(24)23-9-6-21-16-12-25-13-17(19(16)23)22-7-1-2-8-22/h3-5,10,16-17,19,21H,1-2,6-9,11-13H2/t16?,17?,19-/m0/s1. The number of likely N-dealkylation sites (tertiary alicyclic amines) is 1. The summed E-state index contributed by atoms with van der Waals surface area (Å²) in [6.07, 6.45) is 2.91. The van der Waals surface area contributed by atoms with Gasteiger partial charge in [-0.25, -0.2) is 0 Å². The first-order chi connectivity index (χ1) is 12.2. The lowest BCUT2D eigenvalue weighted by atomic mass is 9.92. The summed E-state index contributed by atoms with van der Waals surface area (Å²) in [7, 11) is 0. The average molecular weight is 364 g/mol. The number of hydrogen-bond donors (Lipinski definition) is 1. The van der Waals surface area contributed by atoms with Crippen LogP contribution < -0.4 is 5.32 Å². The van der Waals surface area contributed by atoms with Gasteiger partial charge in [-0.2, -0.15) is 0 Å². The van der Waals surface area contributed by atoms with Gasteiger partial charge < -0.3 is 15.0 Å². The van der Waals surface area contributed by atoms with Crippen molar-refractivity contribution >= 4 is 17.5 Å². The van der Waals surface area contributed by atoms with Crippen LogP contribution in [0.2, 0.25) is 5.02 Å². The highest BCUT2D eigenvalue weighted by Gasteiger charge is 2.44. The van der Waals surface area contributed by atoms with Gasteiger partial charge in [0.05, 0.1) is 37.8 Å². The number of rotatable bonds is 3. The zero-order valence-electron chi connectivity index (χ0n) is 14.5. The molecule has 3 fully saturated rings. The van der Waals surface area contributed by atoms with Crippen LogP contribution in [0, 0.1) is 0 Å². The highest BCUT2D eigenvalue weighted by atomic mass is 35.5. The minimum atomic E-state index is 0.199. The van der Waals surface area contributed by atoms with Crippen molar-refractivity contribution in [1.29, 1.82) is 0 Å². The van der Waals surface area contributed by atoms with Crippen LogP contribution >= 0.6 is 11.6 Å². The maximum absolute atomic E-state index is 13.1. The Morgan fingerprint density at radius 3 is 2.88 bits per heavy atom. The minimum absolute atomic E-state index is 0.199. The summed E-state index contributed by atoms with van der Waals surface area (Å²) < 4.78 is 5.87. The fourth-order valence-electron chi connectivity index (χ4n) is 4.51. The smallest absolute Gasteiger partial charge is 0.227 e. The van der Waals surface area contributed by atoms with E-state index in [9.17, 15) is 4.79 Å². The average Bonchev–Trinajstić information content (AvgIpc) is 3.15. The number of hydrogen-bond acceptors (Lipinski definition) is 4. The Hall–Kier alpha value is -1.14. The Bertz CT molecular complexity index is 618. The number of amides is 1. The van der Waals surface area contributed by atoms with Gasteiger partial charge in [0.1, 0.15) is 0 Å². The molecule has 3 heterocycles. The maximum Gasteiger partial charge on any atom is 0.227 e. The summed E-state index contributed by atoms with van der Waals surface area (Å²) in [6.45, 7) is 5.25. The molecule has 136 valence electrons. The van der Waals surface area contributed by atoms with E-state index >= 15 is 0 Å². The molecule has 0 aliphatic carbocycles. The van der Waals surface area contributed by atoms with Crippen molar-refractivity contribution in [3.05, 3.63) is 34.9 Å². The number of nitrogens with zero attached hydrogens (tertiary/aromatic N) is 2. The normalized spacial score (nSPS) is 30.3. The predicted molar refractivity (Wildman–Crippen MR) is 97.9 cm³/mol. The van der Waals surface area contributed by atoms with Gasteiger partial charge in [0.15, 0.2) is 0 Å². The van der Waals surface area contributed by atoms with Crippen molar-refractivity contribution in [2.45, 2.75) is 37.4 Å². The Morgan fingerprint density at radius 1 is 1.24 bits per heavy atom. The van der Waals surface area contributed by atoms with E-state index < -0.39 is 0 Å². The van der Waals surface area contributed by atoms with E-state index in [-0.39, 0.29) is 18.0 Å². The van der Waals surface area contributed by atoms with Gasteiger partial charge in [-0.15, -0.1) is 0 Å². The molecule has 1 aromatic carbocycles. The molecule has 6 heteroatoms. The van der Waals surface area contributed by atoms with Crippen LogP contribution in [0.5, 0.6) is 0 Å². The van der Waals surface area contributed by atoms with Crippen LogP contribution in [0.1, 0.15) is 18.4 Å². The van der Waals surface area contributed by atoms with E-state index in [0.717, 1.165) is 38.3 Å². The highest BCUT2D eigenvalue weighted by Crippen LogP contribution is 2.26. The number of carbonyl (C=O) groups excluding carboxylic acids is 1. The molecule has 4 rings (SSSR count). The maximum atomic E-state index is 13.1. The van der Waals surface area contributed by atoms with E-state index in [4.69, 9.17) is 16.3 Å². The van der Waals surface area contributed by atoms with Gasteiger partial charge in [-0.1, -0.05) is 23.7 Å². The quantitative estimate of drug-likeness (QED) is 0.885. The topological polar surface area (TPSA) is 44.8 Å². The molecular weight excluding hydrogens is 338 g/mol. The summed E-state index contributed by atoms with van der Waals surface area (Å²) in [4.78, 5) is 17.7. The van der Waals surface area contributed by atoms with Crippen molar-refractivity contribution in [3.8, 4) is 0 Å². The second-order valence-corrected chi connectivity index (χ2v) is 7.73. The number of fused-ring (bicyclic) bond motifs is 1. The fraction of sp³-hybridized carbons (Fsp3) is 0.632. The summed E-state index contributed by atoms with van der Waals surface area (Å²) in [5.74, 6) is 0.199. The molecule has 1 amide bonds. The van der Waals surface area contributed by atoms with Gasteiger partial charge in [0.2, 0.25) is 5.91 Å². The van der Waals surface area contributed by atoms with Crippen molar-refractivity contribution < 1.29 is 9.53 Å². The summed E-state index contributed by atoms with van der Waals surface area (Å²) in [5, 5.41) is 4.25. The Labute approximate surface area is 154 Å². The van der Waals surface area contributed by atoms with Gasteiger partial charge in [0, 0.05) is 18.1 Å². The molecule has 2 unspecified atom stereocenters. The molecule has 3 aliphatic heterocycles. The van der Waals surface area contributed by atoms with Crippen molar-refractivity contribution in [2.75, 3.05) is 39.4 Å². The van der Waals surface area contributed by atoms with Crippen LogP contribution in [-0.4, -0.2) is 73.2 Å². The number of benzene rings is 1. The molecule has 0 radical (unpaired) electrons. The lowest BCUT2D eigenvalue weighted by Gasteiger charge is -2.50. The number of nitrogens with one attached hydrogen (secondary N) is 1. The Morgan fingerprint density at radius 2 is 2.08 bits per heavy atom. The molecule has 3 saturated heterocycles. The van der Waals surface area contributed by atoms with Crippen molar-refractivity contribution in [2.24, 2.45) is 0 Å². The van der Waals surface area contributed by atoms with Crippen LogP contribution in [0.3, 0.4) is 0 Å². The first-order valence-electron chi connectivity index (χ1n) is 9.31. The lowest BCUT2D eigenvalue weighted by molar-refractivity contribution is -0.142. The first-order valence-corrected chi connectivity index (χ1v) is 9.69. The third-order valence-electron chi connectivity index (χ3n) is 5.69. The van der Waals surface area contributed by atoms with E-state index in [2.05, 4.69) is 15.1 Å². The summed E-state index contributed by atoms with van der Waals surface area (Å²) in [6, 6.07) is 8.36. The number of ether oxygens (including phenoxy) is 1. The molecule has 3 aliphatic rings. The summed E-state index contributed by atoms with van der Waals surface area (Å²) in [5.41, 5.74) is 0.984. The number of halogens is 1. The zero-order valence-corrected chi connectivity index (χ0v) is 15.3. The van der Waals surface area contributed by atoms with Crippen LogP contribution in [0.25, 0.3) is 0 Å². The Kier molecular flexibility index (Phi) is 5.27. The van der Waals surface area contributed by atoms with Crippen molar-refractivity contribution in [3.63, 3.8) is 0 Å². The monoisotopic (exact) mass is 363 g/mol. The van der Waals surface area contributed by atoms with E-state index in [0.29, 0.717) is 24.1 Å². The highest BCUT2D eigenvalue weighted by molar-refractivity contribution is 6.30. The Balaban J connectivity index is 1.52. The molecule has 0 spiro atoms. The van der Waals surface area contributed by atoms with Gasteiger partial charge in [0.25, 0.3) is 0 Å². The molecule has 1 N–H and O–H groups in total. The van der Waals surface area contributed by atoms with Crippen LogP contribution in [0.15, 0.2) is 24.3 Å². The predicted octanol–water partition coefficient (Wildman–Crippen LogP) is 1.55. The van der Waals surface area contributed by atoms with Crippen LogP contribution in [0.4, 0.5) is 0 Å². The molecule has 0 bridgehead atoms. The van der Waals surface area contributed by atoms with E-state index in [1.807, 2.05) is 24.3 Å². The molecule has 25 heavy (non-hydrogen) atoms. The molecule has 0 saturated carbocycles. The number of piperazine rings is 1. The number of carbonyl (C=O) groups is 1. The second-order valence-electron chi connectivity index (χ2n) is 7.29. The van der Waals surface area contributed by atoms with E-state index in [1.165, 1.54) is 12.8 Å². The summed E-state index contributed by atoms with van der Waals surface area (Å²) >= 11 is 6.08. The SMILES string of the molecule is O=C(Cc1cccc(Cl)c1)N1CCNC2COCC(N3CCCC3)[C@H]21. The van der Waals surface area contributed by atoms with Gasteiger partial charge >= 0.3 is 0 Å². The second kappa shape index (κ2) is 7.62. The minimum Gasteiger partial charge on any atom is -0.378 e. The molecule has 1 aromatic rings. The van der Waals surface area contributed by atoms with E-state index in [1.54, 1.807) is 0 Å². The third kappa shape index (κ3) is 3.70. The lowest BCUT2D eigenvalue weighted by Crippen LogP contribution is -2.70. The van der Waals surface area contributed by atoms with Crippen LogP contribution in [-0.2, 0) is 16.0 Å². The molecular formula is C19H26ClN3O2. The third-order valence-corrected chi connectivity index (χ3v) is 5.92. The van der Waals surface area contributed by atoms with Gasteiger partial charge in [-0.3, -0.25) is 9.69 Å². The first kappa shape index (κ1) is 17.3. The van der Waals surface area contributed by atoms with Gasteiger partial charge in [-0.05, 0) is 43.6 Å². The zero-order chi connectivity index (χ0) is 17.2.